The summed E-state index contributed by atoms with van der Waals surface area (Å²) in [7, 11) is 6.30. The van der Waals surface area contributed by atoms with Crippen molar-refractivity contribution in [3.8, 4) is 0 Å². The van der Waals surface area contributed by atoms with E-state index in [1.54, 1.807) is 0 Å². The Hall–Kier alpha value is -1.87. The standard InChI is InChI=1S/C32H63N3O6/c1-6-8-10-12-21-30(36)39-27-16-19-29(20-17-28-40-31(37)22-13-11-9-7-2)41-32(38)33-23-18-26-35(5)25-15-14-24-34(3)4/h29H,6-28H2,1-5H3,(H,33,38). The largest absolute Gasteiger partial charge is 0.466 e. The van der Waals surface area contributed by atoms with Crippen LogP contribution in [0.1, 0.15) is 123 Å². The zero-order chi connectivity index (χ0) is 30.6. The topological polar surface area (TPSA) is 97.4 Å². The van der Waals surface area contributed by atoms with Crippen LogP contribution in [0.2, 0.25) is 0 Å². The van der Waals surface area contributed by atoms with E-state index in [1.807, 2.05) is 0 Å². The fourth-order valence-electron chi connectivity index (χ4n) is 4.45. The van der Waals surface area contributed by atoms with Crippen LogP contribution in [0.25, 0.3) is 0 Å². The fraction of sp³-hybridized carbons (Fsp3) is 0.906. The molecule has 0 saturated carbocycles. The van der Waals surface area contributed by atoms with Crippen molar-refractivity contribution in [3.05, 3.63) is 0 Å². The molecule has 0 aromatic heterocycles. The number of nitrogens with zero attached hydrogens (tertiary/aromatic N) is 2. The summed E-state index contributed by atoms with van der Waals surface area (Å²) >= 11 is 0. The van der Waals surface area contributed by atoms with Crippen LogP contribution in [0.4, 0.5) is 4.79 Å². The Morgan fingerprint density at radius 1 is 0.634 bits per heavy atom. The molecular weight excluding hydrogens is 522 g/mol. The number of carbonyl (C=O) groups is 3. The predicted molar refractivity (Wildman–Crippen MR) is 166 cm³/mol. The first kappa shape index (κ1) is 39.1. The van der Waals surface area contributed by atoms with E-state index in [0.29, 0.717) is 58.3 Å². The molecule has 0 unspecified atom stereocenters. The van der Waals surface area contributed by atoms with Gasteiger partial charge in [0.05, 0.1) is 13.2 Å². The van der Waals surface area contributed by atoms with Crippen LogP contribution < -0.4 is 5.32 Å². The van der Waals surface area contributed by atoms with Gasteiger partial charge in [0.15, 0.2) is 0 Å². The lowest BCUT2D eigenvalue weighted by molar-refractivity contribution is -0.144. The highest BCUT2D eigenvalue weighted by Crippen LogP contribution is 2.12. The van der Waals surface area contributed by atoms with Gasteiger partial charge in [-0.1, -0.05) is 52.4 Å². The number of rotatable bonds is 28. The monoisotopic (exact) mass is 585 g/mol. The van der Waals surface area contributed by atoms with Gasteiger partial charge in [-0.2, -0.15) is 0 Å². The Balaban J connectivity index is 4.37. The molecule has 0 saturated heterocycles. The van der Waals surface area contributed by atoms with Crippen molar-refractivity contribution in [2.75, 3.05) is 60.5 Å². The molecule has 0 aliphatic heterocycles. The molecule has 0 aromatic carbocycles. The molecule has 0 spiro atoms. The van der Waals surface area contributed by atoms with Gasteiger partial charge in [0.25, 0.3) is 0 Å². The van der Waals surface area contributed by atoms with Crippen LogP contribution in [-0.4, -0.2) is 94.5 Å². The summed E-state index contributed by atoms with van der Waals surface area (Å²) in [4.78, 5) is 40.8. The molecular formula is C32H63N3O6. The lowest BCUT2D eigenvalue weighted by atomic mass is 10.1. The minimum absolute atomic E-state index is 0.162. The Morgan fingerprint density at radius 3 is 1.66 bits per heavy atom. The molecule has 0 bridgehead atoms. The molecule has 1 N–H and O–H groups in total. The first-order valence-electron chi connectivity index (χ1n) is 16.4. The molecule has 9 heteroatoms. The number of ether oxygens (including phenoxy) is 3. The van der Waals surface area contributed by atoms with E-state index in [-0.39, 0.29) is 18.0 Å². The third-order valence-electron chi connectivity index (χ3n) is 6.99. The quantitative estimate of drug-likeness (QED) is 0.0646. The smallest absolute Gasteiger partial charge is 0.407 e. The van der Waals surface area contributed by atoms with Gasteiger partial charge in [0.2, 0.25) is 0 Å². The van der Waals surface area contributed by atoms with Gasteiger partial charge in [-0.25, -0.2) is 4.79 Å². The minimum atomic E-state index is -0.426. The average Bonchev–Trinajstić information content (AvgIpc) is 2.94. The Bertz CT molecular complexity index is 615. The number of alkyl carbamates (subject to hydrolysis) is 1. The molecule has 0 fully saturated rings. The molecule has 41 heavy (non-hydrogen) atoms. The third-order valence-corrected chi connectivity index (χ3v) is 6.99. The van der Waals surface area contributed by atoms with E-state index in [9.17, 15) is 14.4 Å². The fourth-order valence-corrected chi connectivity index (χ4v) is 4.45. The molecule has 0 rings (SSSR count). The second kappa shape index (κ2) is 28.3. The lowest BCUT2D eigenvalue weighted by Crippen LogP contribution is -2.32. The highest BCUT2D eigenvalue weighted by Gasteiger charge is 2.15. The first-order chi connectivity index (χ1) is 19.8. The van der Waals surface area contributed by atoms with Crippen molar-refractivity contribution in [1.82, 2.24) is 15.1 Å². The molecule has 0 atom stereocenters. The maximum Gasteiger partial charge on any atom is 0.407 e. The van der Waals surface area contributed by atoms with Crippen molar-refractivity contribution in [1.29, 1.82) is 0 Å². The molecule has 1 amide bonds. The van der Waals surface area contributed by atoms with E-state index in [0.717, 1.165) is 83.8 Å². The van der Waals surface area contributed by atoms with Crippen molar-refractivity contribution < 1.29 is 28.6 Å². The van der Waals surface area contributed by atoms with Crippen molar-refractivity contribution in [2.24, 2.45) is 0 Å². The molecule has 0 radical (unpaired) electrons. The van der Waals surface area contributed by atoms with Gasteiger partial charge in [0, 0.05) is 19.4 Å². The number of hydrogen-bond acceptors (Lipinski definition) is 8. The zero-order valence-corrected chi connectivity index (χ0v) is 27.2. The molecule has 0 aliphatic rings. The third kappa shape index (κ3) is 28.0. The predicted octanol–water partition coefficient (Wildman–Crippen LogP) is 6.33. The lowest BCUT2D eigenvalue weighted by Gasteiger charge is -2.19. The SMILES string of the molecule is CCCCCCC(=O)OCCCC(CCCOC(=O)CCCCCC)OC(=O)NCCCN(C)CCCCN(C)C. The summed E-state index contributed by atoms with van der Waals surface area (Å²) < 4.78 is 16.4. The van der Waals surface area contributed by atoms with Crippen LogP contribution in [0, 0.1) is 0 Å². The van der Waals surface area contributed by atoms with Crippen LogP contribution in [0.3, 0.4) is 0 Å². The number of hydrogen-bond donors (Lipinski definition) is 1. The first-order valence-corrected chi connectivity index (χ1v) is 16.4. The highest BCUT2D eigenvalue weighted by molar-refractivity contribution is 5.69. The summed E-state index contributed by atoms with van der Waals surface area (Å²) in [5, 5.41) is 2.87. The van der Waals surface area contributed by atoms with Crippen molar-refractivity contribution in [3.63, 3.8) is 0 Å². The van der Waals surface area contributed by atoms with Gasteiger partial charge in [-0.15, -0.1) is 0 Å². The molecule has 0 aliphatic carbocycles. The summed E-state index contributed by atoms with van der Waals surface area (Å²) in [6, 6.07) is 0. The second-order valence-electron chi connectivity index (χ2n) is 11.5. The van der Waals surface area contributed by atoms with Gasteiger partial charge < -0.3 is 29.3 Å². The summed E-state index contributed by atoms with van der Waals surface area (Å²) in [5.41, 5.74) is 0. The van der Waals surface area contributed by atoms with Crippen LogP contribution >= 0.6 is 0 Å². The van der Waals surface area contributed by atoms with Gasteiger partial charge >= 0.3 is 18.0 Å². The van der Waals surface area contributed by atoms with Gasteiger partial charge in [-0.3, -0.25) is 9.59 Å². The van der Waals surface area contributed by atoms with Crippen molar-refractivity contribution >= 4 is 18.0 Å². The second-order valence-corrected chi connectivity index (χ2v) is 11.5. The molecule has 242 valence electrons. The number of amides is 1. The zero-order valence-electron chi connectivity index (χ0n) is 27.2. The molecule has 0 heterocycles. The number of nitrogens with one attached hydrogen (secondary N) is 1. The van der Waals surface area contributed by atoms with E-state index in [4.69, 9.17) is 14.2 Å². The van der Waals surface area contributed by atoms with E-state index in [2.05, 4.69) is 50.1 Å². The summed E-state index contributed by atoms with van der Waals surface area (Å²) in [6.07, 6.45) is 14.2. The Labute approximate surface area is 251 Å². The maximum absolute atomic E-state index is 12.5. The molecule has 0 aromatic rings. The number of unbranched alkanes of at least 4 members (excludes halogenated alkanes) is 7. The van der Waals surface area contributed by atoms with Crippen LogP contribution in [0.15, 0.2) is 0 Å². The van der Waals surface area contributed by atoms with E-state index >= 15 is 0 Å². The van der Waals surface area contributed by atoms with E-state index in [1.165, 1.54) is 6.42 Å². The van der Waals surface area contributed by atoms with Gasteiger partial charge in [-0.05, 0) is 98.6 Å². The highest BCUT2D eigenvalue weighted by atomic mass is 16.6. The average molecular weight is 586 g/mol. The molecule has 9 nitrogen and oxygen atoms in total. The van der Waals surface area contributed by atoms with Crippen molar-refractivity contribution in [2.45, 2.75) is 129 Å². The normalized spacial score (nSPS) is 11.3. The van der Waals surface area contributed by atoms with E-state index < -0.39 is 6.09 Å². The Morgan fingerprint density at radius 2 is 1.15 bits per heavy atom. The maximum atomic E-state index is 12.5. The van der Waals surface area contributed by atoms with Crippen LogP contribution in [0.5, 0.6) is 0 Å². The summed E-state index contributed by atoms with van der Waals surface area (Å²) in [5.74, 6) is -0.324. The summed E-state index contributed by atoms with van der Waals surface area (Å²) in [6.45, 7) is 8.55. The Kier molecular flexibility index (Phi) is 27.0. The van der Waals surface area contributed by atoms with Gasteiger partial charge in [0.1, 0.15) is 6.10 Å². The number of esters is 2. The number of carbonyl (C=O) groups excluding carboxylic acids is 3. The van der Waals surface area contributed by atoms with Crippen LogP contribution in [-0.2, 0) is 23.8 Å². The minimum Gasteiger partial charge on any atom is -0.466 e.